The van der Waals surface area contributed by atoms with E-state index in [1.54, 1.807) is 0 Å². The molecule has 2 aromatic carbocycles. The molecule has 0 atom stereocenters. The lowest BCUT2D eigenvalue weighted by molar-refractivity contribution is -0.137. The van der Waals surface area contributed by atoms with E-state index in [1.807, 2.05) is 0 Å². The topological polar surface area (TPSA) is 84.2 Å². The van der Waals surface area contributed by atoms with Gasteiger partial charge in [0, 0.05) is 12.2 Å². The molecule has 3 amide bonds. The van der Waals surface area contributed by atoms with E-state index < -0.39 is 23.7 Å². The Morgan fingerprint density at radius 2 is 1.72 bits per heavy atom. The van der Waals surface area contributed by atoms with Crippen LogP contribution in [0.15, 0.2) is 42.5 Å². The highest BCUT2D eigenvalue weighted by atomic mass is 35.5. The Balaban J connectivity index is 1.95. The number of alkyl halides is 3. The molecule has 0 bridgehead atoms. The molecule has 0 aliphatic rings. The molecule has 0 aliphatic carbocycles. The molecule has 0 fully saturated rings. The van der Waals surface area contributed by atoms with Gasteiger partial charge < -0.3 is 16.4 Å². The predicted molar refractivity (Wildman–Crippen MR) is 87.3 cm³/mol. The van der Waals surface area contributed by atoms with E-state index in [1.165, 1.54) is 30.3 Å². The first kappa shape index (κ1) is 18.6. The normalized spacial score (nSPS) is 11.0. The van der Waals surface area contributed by atoms with Gasteiger partial charge in [-0.15, -0.1) is 0 Å². The summed E-state index contributed by atoms with van der Waals surface area (Å²) in [5.41, 5.74) is 5.25. The second-order valence-electron chi connectivity index (χ2n) is 5.06. The van der Waals surface area contributed by atoms with Crippen molar-refractivity contribution in [3.8, 4) is 0 Å². The number of hydrogen-bond donors (Lipinski definition) is 3. The van der Waals surface area contributed by atoms with Gasteiger partial charge in [-0.05, 0) is 35.9 Å². The third kappa shape index (κ3) is 5.12. The van der Waals surface area contributed by atoms with Crippen LogP contribution in [0.25, 0.3) is 0 Å². The molecule has 132 valence electrons. The fourth-order valence-corrected chi connectivity index (χ4v) is 2.17. The van der Waals surface area contributed by atoms with Gasteiger partial charge in [0.2, 0.25) is 5.91 Å². The summed E-state index contributed by atoms with van der Waals surface area (Å²) in [5, 5.41) is 5.12. The fourth-order valence-electron chi connectivity index (χ4n) is 1.96. The number of amides is 3. The molecule has 9 heteroatoms. The highest BCUT2D eigenvalue weighted by molar-refractivity contribution is 6.33. The van der Waals surface area contributed by atoms with Crippen LogP contribution in [-0.2, 0) is 12.7 Å². The highest BCUT2D eigenvalue weighted by Crippen LogP contribution is 2.29. The summed E-state index contributed by atoms with van der Waals surface area (Å²) in [5.74, 6) is -0.737. The average Bonchev–Trinajstić information content (AvgIpc) is 2.54. The molecule has 4 N–H and O–H groups in total. The van der Waals surface area contributed by atoms with Crippen LogP contribution in [0.5, 0.6) is 0 Å². The van der Waals surface area contributed by atoms with E-state index >= 15 is 0 Å². The lowest BCUT2D eigenvalue weighted by atomic mass is 10.1. The molecule has 0 spiro atoms. The lowest BCUT2D eigenvalue weighted by Gasteiger charge is -2.10. The zero-order valence-electron chi connectivity index (χ0n) is 12.7. The van der Waals surface area contributed by atoms with Crippen molar-refractivity contribution in [3.63, 3.8) is 0 Å². The van der Waals surface area contributed by atoms with Crippen molar-refractivity contribution in [1.29, 1.82) is 0 Å². The smallest absolute Gasteiger partial charge is 0.366 e. The number of benzene rings is 2. The Morgan fingerprint density at radius 1 is 1.08 bits per heavy atom. The SMILES string of the molecule is NC(=O)c1cc(NC(=O)NCc2ccc(C(F)(F)F)cc2)ccc1Cl. The van der Waals surface area contributed by atoms with Crippen molar-refractivity contribution >= 4 is 29.2 Å². The van der Waals surface area contributed by atoms with Crippen molar-refractivity contribution in [1.82, 2.24) is 5.32 Å². The van der Waals surface area contributed by atoms with E-state index in [-0.39, 0.29) is 17.1 Å². The first-order valence-corrected chi connectivity index (χ1v) is 7.35. The van der Waals surface area contributed by atoms with Crippen LogP contribution >= 0.6 is 11.6 Å². The number of urea groups is 1. The number of anilines is 1. The second kappa shape index (κ2) is 7.43. The molecule has 0 unspecified atom stereocenters. The molecular formula is C16H13ClF3N3O2. The minimum absolute atomic E-state index is 0.0280. The number of hydrogen-bond acceptors (Lipinski definition) is 2. The third-order valence-electron chi connectivity index (χ3n) is 3.22. The Morgan fingerprint density at radius 3 is 2.28 bits per heavy atom. The van der Waals surface area contributed by atoms with Crippen LogP contribution in [0.3, 0.4) is 0 Å². The van der Waals surface area contributed by atoms with Crippen LogP contribution in [0.2, 0.25) is 5.02 Å². The summed E-state index contributed by atoms with van der Waals surface area (Å²) >= 11 is 5.80. The predicted octanol–water partition coefficient (Wildman–Crippen LogP) is 3.78. The number of carbonyl (C=O) groups excluding carboxylic acids is 2. The van der Waals surface area contributed by atoms with Gasteiger partial charge in [0.15, 0.2) is 0 Å². The largest absolute Gasteiger partial charge is 0.416 e. The van der Waals surface area contributed by atoms with E-state index in [0.717, 1.165) is 12.1 Å². The Bertz CT molecular complexity index is 792. The standard InChI is InChI=1S/C16H13ClF3N3O2/c17-13-6-5-11(7-12(13)14(21)24)23-15(25)22-8-9-1-3-10(4-2-9)16(18,19)20/h1-7H,8H2,(H2,21,24)(H2,22,23,25). The highest BCUT2D eigenvalue weighted by Gasteiger charge is 2.29. The van der Waals surface area contributed by atoms with Crippen LogP contribution in [0.4, 0.5) is 23.7 Å². The number of nitrogens with two attached hydrogens (primary N) is 1. The third-order valence-corrected chi connectivity index (χ3v) is 3.55. The Labute approximate surface area is 146 Å². The molecule has 0 saturated heterocycles. The van der Waals surface area contributed by atoms with Crippen molar-refractivity contribution in [2.24, 2.45) is 5.73 Å². The molecule has 2 aromatic rings. The summed E-state index contributed by atoms with van der Waals surface area (Å²) in [4.78, 5) is 23.0. The van der Waals surface area contributed by atoms with Gasteiger partial charge in [-0.3, -0.25) is 4.79 Å². The first-order valence-electron chi connectivity index (χ1n) is 6.97. The summed E-state index contributed by atoms with van der Waals surface area (Å²) in [7, 11) is 0. The number of halogens is 4. The minimum Gasteiger partial charge on any atom is -0.366 e. The van der Waals surface area contributed by atoms with Crippen molar-refractivity contribution in [2.75, 3.05) is 5.32 Å². The summed E-state index contributed by atoms with van der Waals surface area (Å²) in [6, 6.07) is 8.04. The van der Waals surface area contributed by atoms with Gasteiger partial charge in [-0.25, -0.2) is 4.79 Å². The number of rotatable bonds is 4. The fraction of sp³-hybridized carbons (Fsp3) is 0.125. The van der Waals surface area contributed by atoms with Gasteiger partial charge in [-0.2, -0.15) is 13.2 Å². The van der Waals surface area contributed by atoms with Gasteiger partial charge in [0.05, 0.1) is 16.1 Å². The van der Waals surface area contributed by atoms with E-state index in [2.05, 4.69) is 10.6 Å². The summed E-state index contributed by atoms with van der Waals surface area (Å²) in [6.07, 6.45) is -4.41. The summed E-state index contributed by atoms with van der Waals surface area (Å²) in [6.45, 7) is 0.0280. The number of primary amides is 1. The first-order chi connectivity index (χ1) is 11.7. The van der Waals surface area contributed by atoms with Gasteiger partial charge in [0.25, 0.3) is 0 Å². The molecular weight excluding hydrogens is 359 g/mol. The minimum atomic E-state index is -4.41. The number of carbonyl (C=O) groups is 2. The molecule has 5 nitrogen and oxygen atoms in total. The quantitative estimate of drug-likeness (QED) is 0.764. The molecule has 0 heterocycles. The lowest BCUT2D eigenvalue weighted by Crippen LogP contribution is -2.28. The van der Waals surface area contributed by atoms with E-state index in [9.17, 15) is 22.8 Å². The number of nitrogens with one attached hydrogen (secondary N) is 2. The zero-order valence-corrected chi connectivity index (χ0v) is 13.4. The zero-order chi connectivity index (χ0) is 18.6. The molecule has 0 radical (unpaired) electrons. The molecule has 0 aliphatic heterocycles. The molecule has 2 rings (SSSR count). The van der Waals surface area contributed by atoms with Crippen molar-refractivity contribution < 1.29 is 22.8 Å². The molecule has 25 heavy (non-hydrogen) atoms. The monoisotopic (exact) mass is 371 g/mol. The van der Waals surface area contributed by atoms with Crippen LogP contribution in [0.1, 0.15) is 21.5 Å². The second-order valence-corrected chi connectivity index (χ2v) is 5.47. The van der Waals surface area contributed by atoms with Crippen molar-refractivity contribution in [3.05, 3.63) is 64.2 Å². The van der Waals surface area contributed by atoms with Gasteiger partial charge in [0.1, 0.15) is 0 Å². The van der Waals surface area contributed by atoms with Crippen LogP contribution < -0.4 is 16.4 Å². The Kier molecular flexibility index (Phi) is 5.53. The average molecular weight is 372 g/mol. The van der Waals surface area contributed by atoms with E-state index in [4.69, 9.17) is 17.3 Å². The maximum Gasteiger partial charge on any atom is 0.416 e. The van der Waals surface area contributed by atoms with Crippen LogP contribution in [-0.4, -0.2) is 11.9 Å². The molecule has 0 saturated carbocycles. The van der Waals surface area contributed by atoms with Gasteiger partial charge in [-0.1, -0.05) is 23.7 Å². The van der Waals surface area contributed by atoms with Gasteiger partial charge >= 0.3 is 12.2 Å². The Hall–Kier alpha value is -2.74. The van der Waals surface area contributed by atoms with Crippen LogP contribution in [0, 0.1) is 0 Å². The van der Waals surface area contributed by atoms with Crippen molar-refractivity contribution in [2.45, 2.75) is 12.7 Å². The maximum atomic E-state index is 12.5. The molecule has 0 aromatic heterocycles. The summed E-state index contributed by atoms with van der Waals surface area (Å²) < 4.78 is 37.4. The maximum absolute atomic E-state index is 12.5. The van der Waals surface area contributed by atoms with E-state index in [0.29, 0.717) is 11.3 Å².